The predicted octanol–water partition coefficient (Wildman–Crippen LogP) is 3.44. The zero-order valence-electron chi connectivity index (χ0n) is 13.8. The van der Waals surface area contributed by atoms with Crippen LogP contribution in [0, 0.1) is 0 Å². The lowest BCUT2D eigenvalue weighted by Crippen LogP contribution is -2.49. The highest BCUT2D eigenvalue weighted by molar-refractivity contribution is 6.04. The predicted molar refractivity (Wildman–Crippen MR) is 95.7 cm³/mol. The average Bonchev–Trinajstić information content (AvgIpc) is 3.29. The molecule has 2 amide bonds. The number of hydrogen-bond donors (Lipinski definition) is 1. The molecule has 0 bridgehead atoms. The van der Waals surface area contributed by atoms with E-state index in [2.05, 4.69) is 16.3 Å². The Hall–Kier alpha value is -2.89. The monoisotopic (exact) mass is 337 g/mol. The van der Waals surface area contributed by atoms with Crippen molar-refractivity contribution in [1.82, 2.24) is 0 Å². The van der Waals surface area contributed by atoms with Gasteiger partial charge in [0.25, 0.3) is 0 Å². The van der Waals surface area contributed by atoms with Gasteiger partial charge in [0.2, 0.25) is 6.79 Å². The van der Waals surface area contributed by atoms with E-state index in [4.69, 9.17) is 9.47 Å². The van der Waals surface area contributed by atoms with Gasteiger partial charge in [-0.15, -0.1) is 0 Å². The van der Waals surface area contributed by atoms with Gasteiger partial charge in [-0.1, -0.05) is 12.1 Å². The first-order chi connectivity index (χ1) is 12.3. The lowest BCUT2D eigenvalue weighted by atomic mass is 10.1. The van der Waals surface area contributed by atoms with E-state index in [9.17, 15) is 4.79 Å². The number of para-hydroxylation sites is 2. The van der Waals surface area contributed by atoms with E-state index in [-0.39, 0.29) is 12.8 Å². The number of benzene rings is 2. The van der Waals surface area contributed by atoms with Crippen LogP contribution < -0.4 is 24.6 Å². The number of nitrogens with one attached hydrogen (secondary N) is 1. The minimum absolute atomic E-state index is 0.113. The standard InChI is InChI=1S/C19H19N3O3/c23-19(20-13-7-8-17-18(10-13)25-12-24-17)22-11-14-4-3-9-21(14)15-5-1-2-6-16(15)22/h1-2,5-8,10,14H,3-4,9,11-12H2,(H,20,23). The number of anilines is 3. The first-order valence-electron chi connectivity index (χ1n) is 8.63. The zero-order valence-corrected chi connectivity index (χ0v) is 13.8. The fourth-order valence-corrected chi connectivity index (χ4v) is 3.94. The molecule has 5 rings (SSSR count). The molecule has 1 fully saturated rings. The Morgan fingerprint density at radius 3 is 2.84 bits per heavy atom. The van der Waals surface area contributed by atoms with E-state index in [0.717, 1.165) is 24.3 Å². The van der Waals surface area contributed by atoms with Crippen LogP contribution in [0.4, 0.5) is 21.9 Å². The SMILES string of the molecule is O=C(Nc1ccc2c(c1)OCO2)N1CC2CCCN2c2ccccc21. The van der Waals surface area contributed by atoms with Gasteiger partial charge >= 0.3 is 6.03 Å². The average molecular weight is 337 g/mol. The van der Waals surface area contributed by atoms with Crippen molar-refractivity contribution in [3.63, 3.8) is 0 Å². The highest BCUT2D eigenvalue weighted by Crippen LogP contribution is 2.40. The van der Waals surface area contributed by atoms with Crippen LogP contribution in [0.25, 0.3) is 0 Å². The summed E-state index contributed by atoms with van der Waals surface area (Å²) in [4.78, 5) is 17.2. The number of fused-ring (bicyclic) bond motifs is 4. The number of carbonyl (C=O) groups is 1. The quantitative estimate of drug-likeness (QED) is 0.866. The van der Waals surface area contributed by atoms with Crippen LogP contribution in [0.3, 0.4) is 0 Å². The molecule has 6 nitrogen and oxygen atoms in total. The van der Waals surface area contributed by atoms with Gasteiger partial charge in [0, 0.05) is 30.9 Å². The third kappa shape index (κ3) is 2.36. The third-order valence-corrected chi connectivity index (χ3v) is 5.12. The normalized spacial score (nSPS) is 20.2. The number of nitrogens with zero attached hydrogens (tertiary/aromatic N) is 2. The van der Waals surface area contributed by atoms with Crippen LogP contribution in [-0.2, 0) is 0 Å². The van der Waals surface area contributed by atoms with Crippen molar-refractivity contribution in [2.24, 2.45) is 0 Å². The summed E-state index contributed by atoms with van der Waals surface area (Å²) in [5, 5.41) is 3.00. The molecular formula is C19H19N3O3. The molecule has 0 spiro atoms. The zero-order chi connectivity index (χ0) is 16.8. The van der Waals surface area contributed by atoms with Crippen LogP contribution in [0.5, 0.6) is 11.5 Å². The van der Waals surface area contributed by atoms with Gasteiger partial charge in [0.1, 0.15) is 0 Å². The molecule has 3 aliphatic rings. The molecule has 0 aromatic heterocycles. The van der Waals surface area contributed by atoms with Crippen molar-refractivity contribution in [3.8, 4) is 11.5 Å². The molecule has 0 aliphatic carbocycles. The molecule has 2 aromatic rings. The van der Waals surface area contributed by atoms with Crippen LogP contribution in [0.15, 0.2) is 42.5 Å². The van der Waals surface area contributed by atoms with E-state index in [1.165, 1.54) is 6.42 Å². The first-order valence-corrected chi connectivity index (χ1v) is 8.63. The lowest BCUT2D eigenvalue weighted by Gasteiger charge is -2.40. The highest BCUT2D eigenvalue weighted by Gasteiger charge is 2.36. The van der Waals surface area contributed by atoms with Gasteiger partial charge in [-0.05, 0) is 37.1 Å². The number of urea groups is 1. The Labute approximate surface area is 145 Å². The first kappa shape index (κ1) is 14.5. The Morgan fingerprint density at radius 1 is 1.08 bits per heavy atom. The maximum atomic E-state index is 12.9. The topological polar surface area (TPSA) is 54.0 Å². The molecule has 0 radical (unpaired) electrons. The fraction of sp³-hybridized carbons (Fsp3) is 0.316. The van der Waals surface area contributed by atoms with Gasteiger partial charge in [-0.3, -0.25) is 4.90 Å². The number of hydrogen-bond acceptors (Lipinski definition) is 4. The Morgan fingerprint density at radius 2 is 1.92 bits per heavy atom. The van der Waals surface area contributed by atoms with Crippen LogP contribution in [-0.4, -0.2) is 32.0 Å². The second kappa shape index (κ2) is 5.58. The Bertz CT molecular complexity index is 838. The van der Waals surface area contributed by atoms with Gasteiger partial charge in [-0.25, -0.2) is 4.79 Å². The molecule has 6 heteroatoms. The van der Waals surface area contributed by atoms with Crippen molar-refractivity contribution in [3.05, 3.63) is 42.5 Å². The van der Waals surface area contributed by atoms with Crippen molar-refractivity contribution in [2.45, 2.75) is 18.9 Å². The summed E-state index contributed by atoms with van der Waals surface area (Å²) in [6, 6.07) is 13.9. The molecule has 2 aromatic carbocycles. The summed E-state index contributed by atoms with van der Waals surface area (Å²) >= 11 is 0. The van der Waals surface area contributed by atoms with Crippen LogP contribution in [0.2, 0.25) is 0 Å². The molecule has 1 atom stereocenters. The molecule has 1 unspecified atom stereocenters. The minimum atomic E-state index is -0.113. The van der Waals surface area contributed by atoms with Crippen molar-refractivity contribution in [1.29, 1.82) is 0 Å². The molecule has 3 heterocycles. The lowest BCUT2D eigenvalue weighted by molar-refractivity contribution is 0.174. The van der Waals surface area contributed by atoms with E-state index >= 15 is 0 Å². The van der Waals surface area contributed by atoms with E-state index in [1.54, 1.807) is 6.07 Å². The van der Waals surface area contributed by atoms with Crippen molar-refractivity contribution in [2.75, 3.05) is 35.0 Å². The van der Waals surface area contributed by atoms with Crippen LogP contribution in [0.1, 0.15) is 12.8 Å². The number of carbonyl (C=O) groups excluding carboxylic acids is 1. The largest absolute Gasteiger partial charge is 0.454 e. The summed E-state index contributed by atoms with van der Waals surface area (Å²) < 4.78 is 10.7. The second-order valence-corrected chi connectivity index (χ2v) is 6.59. The van der Waals surface area contributed by atoms with Gasteiger partial charge in [-0.2, -0.15) is 0 Å². The van der Waals surface area contributed by atoms with E-state index in [0.29, 0.717) is 29.8 Å². The summed E-state index contributed by atoms with van der Waals surface area (Å²) in [5.41, 5.74) is 2.83. The number of rotatable bonds is 1. The molecule has 128 valence electrons. The van der Waals surface area contributed by atoms with Gasteiger partial charge < -0.3 is 19.7 Å². The fourth-order valence-electron chi connectivity index (χ4n) is 3.94. The van der Waals surface area contributed by atoms with Crippen molar-refractivity contribution >= 4 is 23.1 Å². The van der Waals surface area contributed by atoms with Crippen molar-refractivity contribution < 1.29 is 14.3 Å². The Balaban J connectivity index is 1.42. The number of amides is 2. The van der Waals surface area contributed by atoms with E-state index < -0.39 is 0 Å². The molecule has 25 heavy (non-hydrogen) atoms. The summed E-state index contributed by atoms with van der Waals surface area (Å²) in [7, 11) is 0. The maximum Gasteiger partial charge on any atom is 0.326 e. The van der Waals surface area contributed by atoms with Gasteiger partial charge in [0.05, 0.1) is 11.4 Å². The maximum absolute atomic E-state index is 12.9. The molecule has 0 saturated carbocycles. The smallest absolute Gasteiger partial charge is 0.326 e. The summed E-state index contributed by atoms with van der Waals surface area (Å²) in [5.74, 6) is 1.38. The summed E-state index contributed by atoms with van der Waals surface area (Å²) in [6.45, 7) is 2.01. The molecular weight excluding hydrogens is 318 g/mol. The second-order valence-electron chi connectivity index (χ2n) is 6.59. The van der Waals surface area contributed by atoms with Crippen LogP contribution >= 0.6 is 0 Å². The molecule has 3 aliphatic heterocycles. The molecule has 1 saturated heterocycles. The molecule has 1 N–H and O–H groups in total. The minimum Gasteiger partial charge on any atom is -0.454 e. The third-order valence-electron chi connectivity index (χ3n) is 5.12. The summed E-state index contributed by atoms with van der Waals surface area (Å²) in [6.07, 6.45) is 2.30. The Kier molecular flexibility index (Phi) is 3.23. The highest BCUT2D eigenvalue weighted by atomic mass is 16.7. The number of ether oxygens (including phenoxy) is 2. The van der Waals surface area contributed by atoms with Gasteiger partial charge in [0.15, 0.2) is 11.5 Å². The van der Waals surface area contributed by atoms with E-state index in [1.807, 2.05) is 35.2 Å².